The summed E-state index contributed by atoms with van der Waals surface area (Å²) in [4.78, 5) is 0. The van der Waals surface area contributed by atoms with Gasteiger partial charge in [-0.15, -0.1) is 0 Å². The molecule has 0 radical (unpaired) electrons. The average Bonchev–Trinajstić information content (AvgIpc) is 2.30. The number of aliphatic hydroxyl groups is 2. The zero-order valence-corrected chi connectivity index (χ0v) is 18.0. The van der Waals surface area contributed by atoms with Gasteiger partial charge in [-0.05, 0) is 52.6 Å². The van der Waals surface area contributed by atoms with Crippen molar-refractivity contribution in [2.75, 3.05) is 13.2 Å². The minimum absolute atomic E-state index is 0.353. The number of aliphatic hydroxyl groups excluding tert-OH is 2. The largest absolute Gasteiger partial charge is 0.437 e. The third-order valence-electron chi connectivity index (χ3n) is 2.84. The maximum Gasteiger partial charge on any atom is 0.336 e. The zero-order chi connectivity index (χ0) is 16.9. The van der Waals surface area contributed by atoms with E-state index in [4.69, 9.17) is 13.0 Å². The van der Waals surface area contributed by atoms with Crippen LogP contribution in [0.2, 0.25) is 39.3 Å². The lowest BCUT2D eigenvalue weighted by atomic mass is 10.2. The molecule has 21 heavy (non-hydrogen) atoms. The third kappa shape index (κ3) is 8.03. The SMILES string of the molecule is CCCOC(C)(C(O)CO)[SiH](O[Si](C)(C)C)O[Si](C)(C)C. The topological polar surface area (TPSA) is 68.2 Å². The summed E-state index contributed by atoms with van der Waals surface area (Å²) in [5, 5.41) is 18.8. The summed E-state index contributed by atoms with van der Waals surface area (Å²) < 4.78 is 18.5. The molecule has 0 aromatic heterocycles. The number of ether oxygens (including phenoxy) is 1. The van der Waals surface area contributed by atoms with Crippen LogP contribution < -0.4 is 0 Å². The Morgan fingerprint density at radius 1 is 1.05 bits per heavy atom. The molecule has 128 valence electrons. The summed E-state index contributed by atoms with van der Waals surface area (Å²) in [6, 6.07) is 0. The van der Waals surface area contributed by atoms with E-state index in [1.807, 2.05) is 13.8 Å². The fraction of sp³-hybridized carbons (Fsp3) is 1.00. The lowest BCUT2D eigenvalue weighted by Gasteiger charge is -2.43. The molecule has 0 spiro atoms. The standard InChI is InChI=1S/C13H34O5Si3/c1-9-10-16-13(2,12(15)11-14)19(17-20(3,4)5)18-21(6,7)8/h12,14-15,19H,9-11H2,1-8H3. The predicted molar refractivity (Wildman–Crippen MR) is 93.8 cm³/mol. The molecule has 2 unspecified atom stereocenters. The maximum atomic E-state index is 10.3. The summed E-state index contributed by atoms with van der Waals surface area (Å²) in [6.07, 6.45) is -0.150. The van der Waals surface area contributed by atoms with Gasteiger partial charge < -0.3 is 23.2 Å². The Morgan fingerprint density at radius 3 is 1.76 bits per heavy atom. The molecule has 8 heteroatoms. The van der Waals surface area contributed by atoms with Gasteiger partial charge in [0.15, 0.2) is 16.6 Å². The molecule has 0 aliphatic heterocycles. The number of hydrogen-bond donors (Lipinski definition) is 2. The molecule has 0 rings (SSSR count). The van der Waals surface area contributed by atoms with Crippen molar-refractivity contribution < 1.29 is 23.2 Å². The van der Waals surface area contributed by atoms with Crippen LogP contribution in [0, 0.1) is 0 Å². The van der Waals surface area contributed by atoms with Crippen molar-refractivity contribution in [1.29, 1.82) is 0 Å². The van der Waals surface area contributed by atoms with Crippen molar-refractivity contribution in [2.45, 2.75) is 70.9 Å². The Bertz CT molecular complexity index is 287. The van der Waals surface area contributed by atoms with E-state index in [-0.39, 0.29) is 6.61 Å². The van der Waals surface area contributed by atoms with Gasteiger partial charge >= 0.3 is 9.28 Å². The normalized spacial score (nSPS) is 17.9. The monoisotopic (exact) mass is 354 g/mol. The van der Waals surface area contributed by atoms with Crippen molar-refractivity contribution in [3.63, 3.8) is 0 Å². The fourth-order valence-electron chi connectivity index (χ4n) is 1.72. The second-order valence-corrected chi connectivity index (χ2v) is 19.7. The van der Waals surface area contributed by atoms with Crippen LogP contribution >= 0.6 is 0 Å². The van der Waals surface area contributed by atoms with Crippen LogP contribution in [-0.4, -0.2) is 60.7 Å². The molecule has 0 aromatic carbocycles. The Morgan fingerprint density at radius 2 is 1.48 bits per heavy atom. The van der Waals surface area contributed by atoms with Crippen LogP contribution in [0.15, 0.2) is 0 Å². The van der Waals surface area contributed by atoms with Gasteiger partial charge in [-0.1, -0.05) is 6.92 Å². The van der Waals surface area contributed by atoms with E-state index in [1.54, 1.807) is 0 Å². The molecule has 0 aromatic rings. The Hall–Kier alpha value is 0.451. The molecule has 0 fully saturated rings. The van der Waals surface area contributed by atoms with Crippen LogP contribution in [-0.2, 0) is 13.0 Å². The van der Waals surface area contributed by atoms with E-state index in [1.165, 1.54) is 0 Å². The Kier molecular flexibility index (Phi) is 8.52. The van der Waals surface area contributed by atoms with E-state index in [9.17, 15) is 10.2 Å². The maximum absolute atomic E-state index is 10.3. The first-order chi connectivity index (χ1) is 9.35. The highest BCUT2D eigenvalue weighted by Crippen LogP contribution is 2.27. The lowest BCUT2D eigenvalue weighted by Crippen LogP contribution is -2.63. The summed E-state index contributed by atoms with van der Waals surface area (Å²) in [6.45, 7) is 16.6. The second kappa shape index (κ2) is 8.34. The molecule has 0 aliphatic carbocycles. The van der Waals surface area contributed by atoms with Crippen LogP contribution in [0.4, 0.5) is 0 Å². The molecule has 0 bridgehead atoms. The Labute approximate surface area is 133 Å². The van der Waals surface area contributed by atoms with E-state index < -0.39 is 37.2 Å². The molecule has 2 N–H and O–H groups in total. The molecule has 0 saturated carbocycles. The van der Waals surface area contributed by atoms with Gasteiger partial charge in [0.2, 0.25) is 0 Å². The highest BCUT2D eigenvalue weighted by Gasteiger charge is 2.49. The van der Waals surface area contributed by atoms with E-state index in [0.29, 0.717) is 6.61 Å². The molecule has 5 nitrogen and oxygen atoms in total. The van der Waals surface area contributed by atoms with Gasteiger partial charge in [0.25, 0.3) is 0 Å². The molecule has 0 saturated heterocycles. The third-order valence-corrected chi connectivity index (χ3v) is 11.7. The quantitative estimate of drug-likeness (QED) is 0.587. The van der Waals surface area contributed by atoms with Crippen LogP contribution in [0.5, 0.6) is 0 Å². The first-order valence-electron chi connectivity index (χ1n) is 7.64. The summed E-state index contributed by atoms with van der Waals surface area (Å²) >= 11 is 0. The number of hydrogen-bond acceptors (Lipinski definition) is 5. The van der Waals surface area contributed by atoms with Crippen molar-refractivity contribution in [3.8, 4) is 0 Å². The van der Waals surface area contributed by atoms with Gasteiger partial charge in [-0.2, -0.15) is 0 Å². The van der Waals surface area contributed by atoms with Crippen molar-refractivity contribution in [1.82, 2.24) is 0 Å². The van der Waals surface area contributed by atoms with Crippen molar-refractivity contribution >= 4 is 25.9 Å². The molecular formula is C13H34O5Si3. The van der Waals surface area contributed by atoms with Crippen molar-refractivity contribution in [3.05, 3.63) is 0 Å². The van der Waals surface area contributed by atoms with Crippen LogP contribution in [0.1, 0.15) is 20.3 Å². The summed E-state index contributed by atoms with van der Waals surface area (Å²) in [5.74, 6) is 0. The number of rotatable bonds is 10. The predicted octanol–water partition coefficient (Wildman–Crippen LogP) is 1.99. The molecule has 0 amide bonds. The smallest absolute Gasteiger partial charge is 0.336 e. The zero-order valence-electron chi connectivity index (χ0n) is 14.9. The first-order valence-corrected chi connectivity index (χ1v) is 16.0. The fourth-order valence-corrected chi connectivity index (χ4v) is 10.0. The lowest BCUT2D eigenvalue weighted by molar-refractivity contribution is -0.0922. The molecule has 0 heterocycles. The van der Waals surface area contributed by atoms with Gasteiger partial charge in [0.05, 0.1) is 6.61 Å². The van der Waals surface area contributed by atoms with Gasteiger partial charge in [-0.3, -0.25) is 0 Å². The summed E-state index contributed by atoms with van der Waals surface area (Å²) in [7, 11) is -6.01. The first kappa shape index (κ1) is 21.5. The van der Waals surface area contributed by atoms with E-state index in [2.05, 4.69) is 39.3 Å². The highest BCUT2D eigenvalue weighted by atomic mass is 28.4. The molecule has 0 aliphatic rings. The minimum Gasteiger partial charge on any atom is -0.437 e. The van der Waals surface area contributed by atoms with Gasteiger partial charge in [-0.25, -0.2) is 0 Å². The minimum atomic E-state index is -2.33. The van der Waals surface area contributed by atoms with Gasteiger partial charge in [0.1, 0.15) is 11.3 Å². The average molecular weight is 355 g/mol. The van der Waals surface area contributed by atoms with Crippen LogP contribution in [0.3, 0.4) is 0 Å². The molecule has 2 atom stereocenters. The summed E-state index contributed by atoms with van der Waals surface area (Å²) in [5.41, 5.74) is 0. The highest BCUT2D eigenvalue weighted by molar-refractivity contribution is 6.81. The van der Waals surface area contributed by atoms with Gasteiger partial charge in [0, 0.05) is 6.61 Å². The molecular weight excluding hydrogens is 320 g/mol. The van der Waals surface area contributed by atoms with Crippen molar-refractivity contribution in [2.24, 2.45) is 0 Å². The van der Waals surface area contributed by atoms with Crippen LogP contribution in [0.25, 0.3) is 0 Å². The van der Waals surface area contributed by atoms with E-state index >= 15 is 0 Å². The Balaban J connectivity index is 5.43. The second-order valence-electron chi connectivity index (χ2n) is 7.52. The van der Waals surface area contributed by atoms with E-state index in [0.717, 1.165) is 6.42 Å².